The first-order valence-corrected chi connectivity index (χ1v) is 4.92. The van der Waals surface area contributed by atoms with Gasteiger partial charge in [-0.2, -0.15) is 5.26 Å². The maximum atomic E-state index is 9.53. The van der Waals surface area contributed by atoms with Crippen molar-refractivity contribution >= 4 is 5.69 Å². The van der Waals surface area contributed by atoms with Crippen LogP contribution >= 0.6 is 0 Å². The molecule has 0 amide bonds. The van der Waals surface area contributed by atoms with E-state index in [4.69, 9.17) is 5.26 Å². The van der Waals surface area contributed by atoms with Crippen molar-refractivity contribution in [1.82, 2.24) is 0 Å². The van der Waals surface area contributed by atoms with E-state index in [0.29, 0.717) is 5.56 Å². The molecule has 0 aromatic heterocycles. The molecular formula is C12H16N2O. The number of benzene rings is 1. The minimum absolute atomic E-state index is 0.381. The lowest BCUT2D eigenvalue weighted by molar-refractivity contribution is 0.133. The second kappa shape index (κ2) is 4.33. The third-order valence-corrected chi connectivity index (χ3v) is 2.52. The van der Waals surface area contributed by atoms with Crippen LogP contribution < -0.4 is 5.32 Å². The molecule has 2 N–H and O–H groups in total. The van der Waals surface area contributed by atoms with Crippen molar-refractivity contribution in [1.29, 1.82) is 5.26 Å². The number of rotatable bonds is 3. The van der Waals surface area contributed by atoms with Gasteiger partial charge in [0, 0.05) is 5.69 Å². The van der Waals surface area contributed by atoms with Gasteiger partial charge in [-0.15, -0.1) is 0 Å². The molecule has 80 valence electrons. The van der Waals surface area contributed by atoms with Crippen molar-refractivity contribution in [3.8, 4) is 6.07 Å². The number of nitrogens with one attached hydrogen (secondary N) is 1. The molecule has 1 aromatic carbocycles. The van der Waals surface area contributed by atoms with Crippen LogP contribution in [0.1, 0.15) is 26.3 Å². The molecule has 1 aromatic rings. The first kappa shape index (κ1) is 11.5. The van der Waals surface area contributed by atoms with Gasteiger partial charge in [0.1, 0.15) is 0 Å². The van der Waals surface area contributed by atoms with Crippen LogP contribution in [0.2, 0.25) is 0 Å². The van der Waals surface area contributed by atoms with E-state index in [9.17, 15) is 5.11 Å². The molecule has 15 heavy (non-hydrogen) atoms. The van der Waals surface area contributed by atoms with E-state index >= 15 is 0 Å². The highest BCUT2D eigenvalue weighted by atomic mass is 16.3. The fourth-order valence-corrected chi connectivity index (χ4v) is 1.10. The van der Waals surface area contributed by atoms with Gasteiger partial charge in [-0.25, -0.2) is 0 Å². The van der Waals surface area contributed by atoms with E-state index in [1.165, 1.54) is 0 Å². The third-order valence-electron chi connectivity index (χ3n) is 2.52. The highest BCUT2D eigenvalue weighted by Crippen LogP contribution is 2.18. The zero-order chi connectivity index (χ0) is 11.5. The normalized spacial score (nSPS) is 13.0. The molecule has 0 heterocycles. The van der Waals surface area contributed by atoms with Crippen LogP contribution in [0.4, 0.5) is 5.69 Å². The van der Waals surface area contributed by atoms with Gasteiger partial charge < -0.3 is 10.4 Å². The zero-order valence-corrected chi connectivity index (χ0v) is 9.28. The number of anilines is 1. The monoisotopic (exact) mass is 204 g/mol. The Morgan fingerprint density at radius 1 is 1.33 bits per heavy atom. The smallest absolute Gasteiger partial charge is 0.0991 e. The summed E-state index contributed by atoms with van der Waals surface area (Å²) in [6.45, 7) is 5.60. The van der Waals surface area contributed by atoms with Gasteiger partial charge in [0.15, 0.2) is 0 Å². The molecule has 1 atom stereocenters. The summed E-state index contributed by atoms with van der Waals surface area (Å²) >= 11 is 0. The largest absolute Gasteiger partial charge is 0.391 e. The summed E-state index contributed by atoms with van der Waals surface area (Å²) in [7, 11) is 0. The van der Waals surface area contributed by atoms with Gasteiger partial charge in [-0.3, -0.25) is 0 Å². The molecular weight excluding hydrogens is 188 g/mol. The van der Waals surface area contributed by atoms with Crippen molar-refractivity contribution in [2.24, 2.45) is 0 Å². The number of hydrogen-bond acceptors (Lipinski definition) is 3. The van der Waals surface area contributed by atoms with Crippen molar-refractivity contribution < 1.29 is 5.11 Å². The predicted octanol–water partition coefficient (Wildman–Crippen LogP) is 2.13. The first-order chi connectivity index (χ1) is 6.95. The van der Waals surface area contributed by atoms with Gasteiger partial charge in [-0.1, -0.05) is 0 Å². The van der Waals surface area contributed by atoms with E-state index in [1.54, 1.807) is 19.1 Å². The second-order valence-corrected chi connectivity index (χ2v) is 4.21. The highest BCUT2D eigenvalue weighted by Gasteiger charge is 2.23. The molecule has 0 saturated carbocycles. The molecule has 3 heteroatoms. The molecule has 1 rings (SSSR count). The van der Waals surface area contributed by atoms with Crippen molar-refractivity contribution in [3.05, 3.63) is 29.8 Å². The predicted molar refractivity (Wildman–Crippen MR) is 60.5 cm³/mol. The molecule has 0 aliphatic heterocycles. The lowest BCUT2D eigenvalue weighted by Crippen LogP contribution is -2.41. The van der Waals surface area contributed by atoms with Gasteiger partial charge in [-0.05, 0) is 45.0 Å². The fourth-order valence-electron chi connectivity index (χ4n) is 1.10. The summed E-state index contributed by atoms with van der Waals surface area (Å²) in [6, 6.07) is 9.24. The van der Waals surface area contributed by atoms with Crippen LogP contribution in [0.15, 0.2) is 24.3 Å². The molecule has 0 aliphatic carbocycles. The van der Waals surface area contributed by atoms with Gasteiger partial charge >= 0.3 is 0 Å². The van der Waals surface area contributed by atoms with E-state index in [-0.39, 0.29) is 5.54 Å². The third kappa shape index (κ3) is 2.97. The molecule has 0 saturated heterocycles. The van der Waals surface area contributed by atoms with E-state index in [2.05, 4.69) is 11.4 Å². The summed E-state index contributed by atoms with van der Waals surface area (Å²) in [5.74, 6) is 0. The Morgan fingerprint density at radius 2 is 1.87 bits per heavy atom. The zero-order valence-electron chi connectivity index (χ0n) is 9.28. The van der Waals surface area contributed by atoms with Crippen molar-refractivity contribution in [3.63, 3.8) is 0 Å². The summed E-state index contributed by atoms with van der Waals surface area (Å²) < 4.78 is 0. The van der Waals surface area contributed by atoms with Crippen LogP contribution in [-0.4, -0.2) is 16.7 Å². The van der Waals surface area contributed by atoms with E-state index < -0.39 is 6.10 Å². The minimum atomic E-state index is -0.451. The lowest BCUT2D eigenvalue weighted by atomic mass is 9.98. The first-order valence-electron chi connectivity index (χ1n) is 4.92. The van der Waals surface area contributed by atoms with Gasteiger partial charge in [0.05, 0.1) is 23.3 Å². The van der Waals surface area contributed by atoms with E-state index in [1.807, 2.05) is 26.0 Å². The Labute approximate surface area is 90.4 Å². The van der Waals surface area contributed by atoms with Crippen LogP contribution in [0.25, 0.3) is 0 Å². The maximum Gasteiger partial charge on any atom is 0.0991 e. The minimum Gasteiger partial charge on any atom is -0.391 e. The topological polar surface area (TPSA) is 56.0 Å². The Kier molecular flexibility index (Phi) is 3.33. The molecule has 0 aliphatic rings. The number of aliphatic hydroxyl groups excluding tert-OH is 1. The van der Waals surface area contributed by atoms with Crippen LogP contribution in [0, 0.1) is 11.3 Å². The Bertz CT molecular complexity index is 360. The SMILES string of the molecule is CC(O)C(C)(C)Nc1ccc(C#N)cc1. The van der Waals surface area contributed by atoms with Gasteiger partial charge in [0.25, 0.3) is 0 Å². The van der Waals surface area contributed by atoms with Crippen LogP contribution in [0.5, 0.6) is 0 Å². The van der Waals surface area contributed by atoms with Crippen LogP contribution in [-0.2, 0) is 0 Å². The molecule has 1 unspecified atom stereocenters. The summed E-state index contributed by atoms with van der Waals surface area (Å²) in [6.07, 6.45) is -0.451. The summed E-state index contributed by atoms with van der Waals surface area (Å²) in [5, 5.41) is 21.4. The molecule has 0 fully saturated rings. The highest BCUT2D eigenvalue weighted by molar-refractivity contribution is 5.48. The standard InChI is InChI=1S/C12H16N2O/c1-9(15)12(2,3)14-11-6-4-10(8-13)5-7-11/h4-7,9,14-15H,1-3H3. The molecule has 0 radical (unpaired) electrons. The molecule has 0 spiro atoms. The quantitative estimate of drug-likeness (QED) is 0.793. The van der Waals surface area contributed by atoms with Crippen molar-refractivity contribution in [2.45, 2.75) is 32.4 Å². The fraction of sp³-hybridized carbons (Fsp3) is 0.417. The van der Waals surface area contributed by atoms with Crippen LogP contribution in [0.3, 0.4) is 0 Å². The summed E-state index contributed by atoms with van der Waals surface area (Å²) in [5.41, 5.74) is 1.16. The molecule has 3 nitrogen and oxygen atoms in total. The average Bonchev–Trinajstić information content (AvgIpc) is 2.18. The number of nitriles is 1. The number of aliphatic hydroxyl groups is 1. The van der Waals surface area contributed by atoms with E-state index in [0.717, 1.165) is 5.69 Å². The average molecular weight is 204 g/mol. The van der Waals surface area contributed by atoms with Crippen molar-refractivity contribution in [2.75, 3.05) is 5.32 Å². The van der Waals surface area contributed by atoms with Gasteiger partial charge in [0.2, 0.25) is 0 Å². The number of hydrogen-bond donors (Lipinski definition) is 2. The Morgan fingerprint density at radius 3 is 2.27 bits per heavy atom. The number of nitrogens with zero attached hydrogens (tertiary/aromatic N) is 1. The maximum absolute atomic E-state index is 9.53. The lowest BCUT2D eigenvalue weighted by Gasteiger charge is -2.30. The molecule has 0 bridgehead atoms. The second-order valence-electron chi connectivity index (χ2n) is 4.21. The summed E-state index contributed by atoms with van der Waals surface area (Å²) in [4.78, 5) is 0. The Hall–Kier alpha value is -1.53. The Balaban J connectivity index is 2.78.